The summed E-state index contributed by atoms with van der Waals surface area (Å²) in [5, 5.41) is 2.64. The lowest BCUT2D eigenvalue weighted by Crippen LogP contribution is -2.51. The molecule has 0 atom stereocenters. The summed E-state index contributed by atoms with van der Waals surface area (Å²) in [5.74, 6) is 2.64. The third-order valence-electron chi connectivity index (χ3n) is 2.67. The number of piperazine rings is 1. The van der Waals surface area contributed by atoms with E-state index in [9.17, 15) is 4.79 Å². The number of carbonyl (C=O) groups is 1. The lowest BCUT2D eigenvalue weighted by molar-refractivity contribution is 0.140. The molecule has 1 heterocycles. The van der Waals surface area contributed by atoms with E-state index in [2.05, 4.69) is 16.1 Å². The second kappa shape index (κ2) is 6.31. The topological polar surface area (TPSA) is 35.6 Å². The highest BCUT2D eigenvalue weighted by molar-refractivity contribution is 5.73. The van der Waals surface area contributed by atoms with Crippen LogP contribution in [0.2, 0.25) is 0 Å². The van der Waals surface area contributed by atoms with E-state index in [1.54, 1.807) is 7.05 Å². The minimum Gasteiger partial charge on any atom is -0.341 e. The molecule has 0 aliphatic carbocycles. The van der Waals surface area contributed by atoms with E-state index in [4.69, 9.17) is 6.42 Å². The largest absolute Gasteiger partial charge is 0.341 e. The fraction of sp³-hybridized carbons (Fsp3) is 0.727. The van der Waals surface area contributed by atoms with Gasteiger partial charge < -0.3 is 10.2 Å². The number of carbonyl (C=O) groups excluding carboxylic acids is 1. The predicted molar refractivity (Wildman–Crippen MR) is 60.5 cm³/mol. The van der Waals surface area contributed by atoms with Gasteiger partial charge in [0, 0.05) is 39.6 Å². The summed E-state index contributed by atoms with van der Waals surface area (Å²) < 4.78 is 0. The highest BCUT2D eigenvalue weighted by Crippen LogP contribution is 2.03. The number of hydrogen-bond donors (Lipinski definition) is 1. The van der Waals surface area contributed by atoms with E-state index < -0.39 is 0 Å². The van der Waals surface area contributed by atoms with Gasteiger partial charge in [0.05, 0.1) is 0 Å². The number of hydrogen-bond acceptors (Lipinski definition) is 2. The number of unbranched alkanes of at least 4 members (excludes halogenated alkanes) is 1. The van der Waals surface area contributed by atoms with Crippen LogP contribution in [0, 0.1) is 12.3 Å². The van der Waals surface area contributed by atoms with E-state index in [-0.39, 0.29) is 6.03 Å². The van der Waals surface area contributed by atoms with Crippen LogP contribution in [-0.2, 0) is 0 Å². The molecule has 1 rings (SSSR count). The number of urea groups is 1. The van der Waals surface area contributed by atoms with Crippen LogP contribution in [0.3, 0.4) is 0 Å². The second-order valence-electron chi connectivity index (χ2n) is 3.69. The van der Waals surface area contributed by atoms with E-state index in [1.165, 1.54) is 0 Å². The molecule has 84 valence electrons. The van der Waals surface area contributed by atoms with Crippen LogP contribution in [0.4, 0.5) is 4.79 Å². The van der Waals surface area contributed by atoms with Crippen LogP contribution in [0.25, 0.3) is 0 Å². The van der Waals surface area contributed by atoms with Crippen molar-refractivity contribution in [2.45, 2.75) is 12.8 Å². The van der Waals surface area contributed by atoms with Gasteiger partial charge in [0.15, 0.2) is 0 Å². The molecule has 15 heavy (non-hydrogen) atoms. The maximum absolute atomic E-state index is 11.3. The third-order valence-corrected chi connectivity index (χ3v) is 2.67. The average molecular weight is 209 g/mol. The molecule has 1 aliphatic heterocycles. The Morgan fingerprint density at radius 1 is 1.40 bits per heavy atom. The summed E-state index contributed by atoms with van der Waals surface area (Å²) in [7, 11) is 1.67. The molecular weight excluding hydrogens is 190 g/mol. The van der Waals surface area contributed by atoms with Gasteiger partial charge in [-0.1, -0.05) is 0 Å². The molecule has 1 aliphatic rings. The van der Waals surface area contributed by atoms with Crippen LogP contribution in [0.15, 0.2) is 0 Å². The van der Waals surface area contributed by atoms with Crippen molar-refractivity contribution in [3.05, 3.63) is 0 Å². The van der Waals surface area contributed by atoms with Crippen LogP contribution in [-0.4, -0.2) is 55.6 Å². The Morgan fingerprint density at radius 3 is 2.60 bits per heavy atom. The van der Waals surface area contributed by atoms with Gasteiger partial charge >= 0.3 is 6.03 Å². The number of nitrogens with one attached hydrogen (secondary N) is 1. The molecule has 2 amide bonds. The van der Waals surface area contributed by atoms with Crippen molar-refractivity contribution in [3.63, 3.8) is 0 Å². The monoisotopic (exact) mass is 209 g/mol. The van der Waals surface area contributed by atoms with Crippen LogP contribution < -0.4 is 5.32 Å². The SMILES string of the molecule is C#CCCCN1CCN(C(=O)NC)CC1. The first-order chi connectivity index (χ1) is 7.27. The summed E-state index contributed by atoms with van der Waals surface area (Å²) in [5.41, 5.74) is 0. The number of rotatable bonds is 3. The van der Waals surface area contributed by atoms with Gasteiger partial charge in [-0.15, -0.1) is 12.3 Å². The van der Waals surface area contributed by atoms with Gasteiger partial charge in [-0.05, 0) is 13.0 Å². The molecule has 0 spiro atoms. The maximum Gasteiger partial charge on any atom is 0.317 e. The van der Waals surface area contributed by atoms with Gasteiger partial charge in [-0.3, -0.25) is 4.90 Å². The lowest BCUT2D eigenvalue weighted by Gasteiger charge is -2.34. The Hall–Kier alpha value is -1.21. The molecular formula is C11H19N3O. The second-order valence-corrected chi connectivity index (χ2v) is 3.69. The van der Waals surface area contributed by atoms with Crippen molar-refractivity contribution in [2.24, 2.45) is 0 Å². The zero-order valence-corrected chi connectivity index (χ0v) is 9.33. The minimum absolute atomic E-state index is 0.0262. The first-order valence-corrected chi connectivity index (χ1v) is 5.40. The van der Waals surface area contributed by atoms with Crippen LogP contribution in [0.1, 0.15) is 12.8 Å². The molecule has 0 aromatic heterocycles. The lowest BCUT2D eigenvalue weighted by atomic mass is 10.2. The van der Waals surface area contributed by atoms with Crippen molar-refractivity contribution in [1.29, 1.82) is 0 Å². The molecule has 0 bridgehead atoms. The molecule has 4 nitrogen and oxygen atoms in total. The van der Waals surface area contributed by atoms with Crippen LogP contribution in [0.5, 0.6) is 0 Å². The van der Waals surface area contributed by atoms with Crippen LogP contribution >= 0.6 is 0 Å². The van der Waals surface area contributed by atoms with Gasteiger partial charge in [0.25, 0.3) is 0 Å². The predicted octanol–water partition coefficient (Wildman–Crippen LogP) is 0.357. The van der Waals surface area contributed by atoms with Gasteiger partial charge in [0.2, 0.25) is 0 Å². The van der Waals surface area contributed by atoms with E-state index in [0.717, 1.165) is 45.6 Å². The Labute approximate surface area is 91.6 Å². The van der Waals surface area contributed by atoms with Crippen molar-refractivity contribution < 1.29 is 4.79 Å². The zero-order valence-electron chi connectivity index (χ0n) is 9.33. The number of terminal acetylenes is 1. The maximum atomic E-state index is 11.3. The highest BCUT2D eigenvalue weighted by Gasteiger charge is 2.19. The minimum atomic E-state index is 0.0262. The normalized spacial score (nSPS) is 17.2. The Kier molecular flexibility index (Phi) is 4.99. The average Bonchev–Trinajstić information content (AvgIpc) is 2.29. The molecule has 1 fully saturated rings. The first kappa shape index (κ1) is 11.9. The molecule has 4 heteroatoms. The standard InChI is InChI=1S/C11H19N3O/c1-3-4-5-6-13-7-9-14(10-8-13)11(15)12-2/h1H,4-10H2,2H3,(H,12,15). The smallest absolute Gasteiger partial charge is 0.317 e. The molecule has 0 saturated carbocycles. The summed E-state index contributed by atoms with van der Waals surface area (Å²) >= 11 is 0. The van der Waals surface area contributed by atoms with Crippen molar-refractivity contribution >= 4 is 6.03 Å². The molecule has 0 aromatic carbocycles. The number of amides is 2. The number of nitrogens with zero attached hydrogens (tertiary/aromatic N) is 2. The van der Waals surface area contributed by atoms with E-state index in [1.807, 2.05) is 4.90 Å². The molecule has 0 unspecified atom stereocenters. The van der Waals surface area contributed by atoms with Gasteiger partial charge in [-0.2, -0.15) is 0 Å². The van der Waals surface area contributed by atoms with Gasteiger partial charge in [0.1, 0.15) is 0 Å². The van der Waals surface area contributed by atoms with Crippen molar-refractivity contribution in [2.75, 3.05) is 39.8 Å². The quantitative estimate of drug-likeness (QED) is 0.538. The van der Waals surface area contributed by atoms with Crippen molar-refractivity contribution in [3.8, 4) is 12.3 Å². The fourth-order valence-corrected chi connectivity index (χ4v) is 1.74. The molecule has 1 saturated heterocycles. The summed E-state index contributed by atoms with van der Waals surface area (Å²) in [6.07, 6.45) is 7.09. The van der Waals surface area contributed by atoms with E-state index in [0.29, 0.717) is 0 Å². The van der Waals surface area contributed by atoms with E-state index >= 15 is 0 Å². The summed E-state index contributed by atoms with van der Waals surface area (Å²) in [6, 6.07) is 0.0262. The third kappa shape index (κ3) is 3.80. The Bertz CT molecular complexity index is 239. The Balaban J connectivity index is 2.18. The fourth-order valence-electron chi connectivity index (χ4n) is 1.74. The molecule has 1 N–H and O–H groups in total. The first-order valence-electron chi connectivity index (χ1n) is 5.40. The summed E-state index contributed by atoms with van der Waals surface area (Å²) in [6.45, 7) is 4.59. The summed E-state index contributed by atoms with van der Waals surface area (Å²) in [4.78, 5) is 15.5. The highest BCUT2D eigenvalue weighted by atomic mass is 16.2. The van der Waals surface area contributed by atoms with Gasteiger partial charge in [-0.25, -0.2) is 4.79 Å². The molecule has 0 radical (unpaired) electrons. The Morgan fingerprint density at radius 2 is 2.07 bits per heavy atom. The van der Waals surface area contributed by atoms with Crippen molar-refractivity contribution in [1.82, 2.24) is 15.1 Å². The molecule has 0 aromatic rings. The zero-order chi connectivity index (χ0) is 11.1.